The van der Waals surface area contributed by atoms with Gasteiger partial charge in [0.1, 0.15) is 0 Å². The highest BCUT2D eigenvalue weighted by molar-refractivity contribution is 14.1. The number of aromatic nitrogens is 3. The molecule has 0 radical (unpaired) electrons. The summed E-state index contributed by atoms with van der Waals surface area (Å²) in [6.07, 6.45) is 1.59. The second-order valence-corrected chi connectivity index (χ2v) is 9.94. The van der Waals surface area contributed by atoms with Gasteiger partial charge in [0.05, 0.1) is 35.8 Å². The van der Waals surface area contributed by atoms with E-state index in [1.54, 1.807) is 18.3 Å². The molecule has 1 aromatic heterocycles. The van der Waals surface area contributed by atoms with Crippen LogP contribution in [0.4, 0.5) is 23.5 Å². The predicted octanol–water partition coefficient (Wildman–Crippen LogP) is 4.94. The van der Waals surface area contributed by atoms with Gasteiger partial charge in [-0.15, -0.1) is 0 Å². The van der Waals surface area contributed by atoms with Crippen molar-refractivity contribution in [3.63, 3.8) is 0 Å². The number of hydrogen-bond donors (Lipinski definition) is 3. The van der Waals surface area contributed by atoms with E-state index in [9.17, 15) is 5.11 Å². The fraction of sp³-hybridized carbons (Fsp3) is 0.273. The van der Waals surface area contributed by atoms with Gasteiger partial charge in [-0.1, -0.05) is 11.6 Å². The summed E-state index contributed by atoms with van der Waals surface area (Å²) in [5.41, 5.74) is 5.28. The maximum absolute atomic E-state index is 10.0. The Labute approximate surface area is 229 Å². The fourth-order valence-corrected chi connectivity index (χ4v) is 4.57. The summed E-state index contributed by atoms with van der Waals surface area (Å²) in [4.78, 5) is 15.6. The third kappa shape index (κ3) is 6.42. The monoisotopic (exact) mass is 673 g/mol. The second kappa shape index (κ2) is 11.5. The molecule has 2 heterocycles. The molecule has 0 bridgehead atoms. The van der Waals surface area contributed by atoms with Gasteiger partial charge in [0.15, 0.2) is 11.5 Å². The van der Waals surface area contributed by atoms with E-state index in [0.29, 0.717) is 52.5 Å². The Morgan fingerprint density at radius 2 is 1.94 bits per heavy atom. The number of phenols is 1. The molecule has 10 nitrogen and oxygen atoms in total. The van der Waals surface area contributed by atoms with Crippen LogP contribution in [0.25, 0.3) is 0 Å². The van der Waals surface area contributed by atoms with Gasteiger partial charge in [-0.05, 0) is 80.8 Å². The van der Waals surface area contributed by atoms with Crippen molar-refractivity contribution in [2.45, 2.75) is 6.92 Å². The third-order valence-electron chi connectivity index (χ3n) is 5.06. The van der Waals surface area contributed by atoms with Gasteiger partial charge < -0.3 is 24.8 Å². The van der Waals surface area contributed by atoms with Crippen molar-refractivity contribution in [1.29, 1.82) is 0 Å². The van der Waals surface area contributed by atoms with E-state index in [1.165, 1.54) is 7.11 Å². The molecule has 3 aromatic rings. The van der Waals surface area contributed by atoms with Gasteiger partial charge in [-0.3, -0.25) is 0 Å². The summed E-state index contributed by atoms with van der Waals surface area (Å²) in [5, 5.41) is 18.1. The van der Waals surface area contributed by atoms with Gasteiger partial charge in [-0.25, -0.2) is 5.43 Å². The average Bonchev–Trinajstić information content (AvgIpc) is 2.85. The van der Waals surface area contributed by atoms with E-state index in [0.717, 1.165) is 21.3 Å². The zero-order valence-electron chi connectivity index (χ0n) is 18.8. The number of rotatable bonds is 7. The normalized spacial score (nSPS) is 13.8. The first-order valence-electron chi connectivity index (χ1n) is 10.5. The minimum atomic E-state index is 0.0870. The van der Waals surface area contributed by atoms with E-state index in [-0.39, 0.29) is 11.7 Å². The fourth-order valence-electron chi connectivity index (χ4n) is 3.23. The summed E-state index contributed by atoms with van der Waals surface area (Å²) in [7, 11) is 1.50. The van der Waals surface area contributed by atoms with Gasteiger partial charge >= 0.3 is 0 Å². The van der Waals surface area contributed by atoms with Crippen LogP contribution in [0.5, 0.6) is 11.5 Å². The Morgan fingerprint density at radius 3 is 2.69 bits per heavy atom. The van der Waals surface area contributed by atoms with E-state index >= 15 is 0 Å². The SMILES string of the molecule is COc1cc(/C=N\Nc2nc(Nc3cc(Cl)c(C)cc3Br)nc(N3CCOCC3)n2)cc(I)c1O. The van der Waals surface area contributed by atoms with Crippen molar-refractivity contribution in [2.75, 3.05) is 49.1 Å². The van der Waals surface area contributed by atoms with E-state index in [1.807, 2.05) is 46.5 Å². The summed E-state index contributed by atoms with van der Waals surface area (Å²) in [5.74, 6) is 1.54. The first-order chi connectivity index (χ1) is 16.8. The van der Waals surface area contributed by atoms with Crippen molar-refractivity contribution >= 4 is 79.9 Å². The zero-order valence-corrected chi connectivity index (χ0v) is 23.3. The summed E-state index contributed by atoms with van der Waals surface area (Å²) in [6, 6.07) is 7.19. The maximum atomic E-state index is 10.0. The van der Waals surface area contributed by atoms with Crippen molar-refractivity contribution in [2.24, 2.45) is 5.10 Å². The topological polar surface area (TPSA) is 117 Å². The van der Waals surface area contributed by atoms with Crippen LogP contribution < -0.4 is 20.4 Å². The lowest BCUT2D eigenvalue weighted by molar-refractivity contribution is 0.122. The molecule has 35 heavy (non-hydrogen) atoms. The Balaban J connectivity index is 1.61. The van der Waals surface area contributed by atoms with Gasteiger partial charge in [0.25, 0.3) is 0 Å². The molecule has 1 aliphatic heterocycles. The molecular weight excluding hydrogens is 653 g/mol. The van der Waals surface area contributed by atoms with Crippen LogP contribution in [-0.2, 0) is 4.74 Å². The average molecular weight is 675 g/mol. The molecule has 2 aromatic carbocycles. The highest BCUT2D eigenvalue weighted by Crippen LogP contribution is 2.32. The zero-order chi connectivity index (χ0) is 24.9. The number of ether oxygens (including phenoxy) is 2. The number of hydrazone groups is 1. The lowest BCUT2D eigenvalue weighted by atomic mass is 10.2. The molecule has 0 spiro atoms. The number of phenolic OH excluding ortho intramolecular Hbond substituents is 1. The standard InChI is InChI=1S/C22H22BrClIN7O3/c1-12-7-14(23)17(10-15(12)24)27-20-28-21(30-22(29-20)32-3-5-35-6-4-32)31-26-11-13-8-16(25)19(33)18(9-13)34-2/h7-11,33H,3-6H2,1-2H3,(H2,27,28,29,30,31)/b26-11-. The van der Waals surface area contributed by atoms with Crippen LogP contribution in [0.1, 0.15) is 11.1 Å². The smallest absolute Gasteiger partial charge is 0.250 e. The molecular formula is C22H22BrClIN7O3. The molecule has 0 saturated carbocycles. The minimum absolute atomic E-state index is 0.0870. The molecule has 0 amide bonds. The number of methoxy groups -OCH3 is 1. The summed E-state index contributed by atoms with van der Waals surface area (Å²) >= 11 is 11.9. The number of morpholine rings is 1. The molecule has 1 aliphatic rings. The molecule has 0 unspecified atom stereocenters. The lowest BCUT2D eigenvalue weighted by Gasteiger charge is -2.27. The molecule has 1 saturated heterocycles. The molecule has 184 valence electrons. The van der Waals surface area contributed by atoms with Crippen LogP contribution in [0.2, 0.25) is 5.02 Å². The Morgan fingerprint density at radius 1 is 1.20 bits per heavy atom. The Hall–Kier alpha value is -2.42. The Bertz CT molecular complexity index is 1260. The van der Waals surface area contributed by atoms with Crippen LogP contribution in [0.15, 0.2) is 33.8 Å². The van der Waals surface area contributed by atoms with Crippen LogP contribution in [-0.4, -0.2) is 59.7 Å². The van der Waals surface area contributed by atoms with Crippen LogP contribution >= 0.6 is 50.1 Å². The number of hydrogen-bond acceptors (Lipinski definition) is 10. The predicted molar refractivity (Wildman–Crippen MR) is 149 cm³/mol. The highest BCUT2D eigenvalue weighted by atomic mass is 127. The van der Waals surface area contributed by atoms with Crippen LogP contribution in [0.3, 0.4) is 0 Å². The molecule has 3 N–H and O–H groups in total. The molecule has 13 heteroatoms. The number of halogens is 3. The molecule has 4 rings (SSSR count). The van der Waals surface area contributed by atoms with Crippen LogP contribution in [0, 0.1) is 10.5 Å². The number of aromatic hydroxyl groups is 1. The lowest BCUT2D eigenvalue weighted by Crippen LogP contribution is -2.37. The van der Waals surface area contributed by atoms with Crippen molar-refractivity contribution in [1.82, 2.24) is 15.0 Å². The number of nitrogens with one attached hydrogen (secondary N) is 2. The summed E-state index contributed by atoms with van der Waals surface area (Å²) in [6.45, 7) is 4.45. The van der Waals surface area contributed by atoms with E-state index in [4.69, 9.17) is 21.1 Å². The van der Waals surface area contributed by atoms with E-state index < -0.39 is 0 Å². The first-order valence-corrected chi connectivity index (χ1v) is 12.8. The number of aryl methyl sites for hydroxylation is 1. The quantitative estimate of drug-likeness (QED) is 0.182. The highest BCUT2D eigenvalue weighted by Gasteiger charge is 2.17. The Kier molecular flexibility index (Phi) is 8.46. The van der Waals surface area contributed by atoms with Gasteiger partial charge in [0, 0.05) is 22.6 Å². The van der Waals surface area contributed by atoms with Gasteiger partial charge in [0.2, 0.25) is 17.8 Å². The third-order valence-corrected chi connectivity index (χ3v) is 6.95. The number of benzene rings is 2. The van der Waals surface area contributed by atoms with Gasteiger partial charge in [-0.2, -0.15) is 20.1 Å². The number of anilines is 4. The number of nitrogens with zero attached hydrogens (tertiary/aromatic N) is 5. The first kappa shape index (κ1) is 25.7. The van der Waals surface area contributed by atoms with Crippen molar-refractivity contribution in [3.8, 4) is 11.5 Å². The second-order valence-electron chi connectivity index (χ2n) is 7.51. The molecule has 1 fully saturated rings. The van der Waals surface area contributed by atoms with Crippen molar-refractivity contribution < 1.29 is 14.6 Å². The molecule has 0 aliphatic carbocycles. The largest absolute Gasteiger partial charge is 0.504 e. The maximum Gasteiger partial charge on any atom is 0.250 e. The molecule has 0 atom stereocenters. The van der Waals surface area contributed by atoms with E-state index in [2.05, 4.69) is 46.7 Å². The summed E-state index contributed by atoms with van der Waals surface area (Å²) < 4.78 is 12.1. The van der Waals surface area contributed by atoms with Crippen molar-refractivity contribution in [3.05, 3.63) is 48.5 Å². The minimum Gasteiger partial charge on any atom is -0.504 e.